The zero-order valence-corrected chi connectivity index (χ0v) is 12.0. The first kappa shape index (κ1) is 15.9. The minimum absolute atomic E-state index is 0.387. The Labute approximate surface area is 111 Å². The van der Waals surface area contributed by atoms with Gasteiger partial charge in [0, 0.05) is 26.7 Å². The van der Waals surface area contributed by atoms with Gasteiger partial charge in [0.05, 0.1) is 25.9 Å². The van der Waals surface area contributed by atoms with Gasteiger partial charge in [-0.05, 0) is 33.0 Å². The number of hydrogen-bond donors (Lipinski definition) is 1. The summed E-state index contributed by atoms with van der Waals surface area (Å²) < 4.78 is 10.2. The molecule has 0 spiro atoms. The zero-order chi connectivity index (χ0) is 13.4. The molecule has 1 N–H and O–H groups in total. The van der Waals surface area contributed by atoms with Crippen molar-refractivity contribution < 1.29 is 14.6 Å². The van der Waals surface area contributed by atoms with E-state index >= 15 is 0 Å². The van der Waals surface area contributed by atoms with Crippen LogP contribution in [0, 0.1) is 5.92 Å². The van der Waals surface area contributed by atoms with Gasteiger partial charge in [0.25, 0.3) is 0 Å². The summed E-state index contributed by atoms with van der Waals surface area (Å²) in [5.41, 5.74) is 0. The molecule has 2 atom stereocenters. The molecule has 108 valence electrons. The Morgan fingerprint density at radius 1 is 1.44 bits per heavy atom. The summed E-state index contributed by atoms with van der Waals surface area (Å²) in [6, 6.07) is 0. The molecule has 0 amide bonds. The summed E-state index contributed by atoms with van der Waals surface area (Å²) in [6.45, 7) is 5.61. The molecule has 18 heavy (non-hydrogen) atoms. The average Bonchev–Trinajstić information content (AvgIpc) is 2.70. The molecule has 1 fully saturated rings. The van der Waals surface area contributed by atoms with E-state index in [0.29, 0.717) is 26.4 Å². The molecule has 5 nitrogen and oxygen atoms in total. The van der Waals surface area contributed by atoms with Crippen LogP contribution < -0.4 is 0 Å². The molecular weight excluding hydrogens is 232 g/mol. The van der Waals surface area contributed by atoms with Crippen molar-refractivity contribution in [3.63, 3.8) is 0 Å². The number of nitrogens with zero attached hydrogens (tertiary/aromatic N) is 2. The third kappa shape index (κ3) is 6.66. The monoisotopic (exact) mass is 260 g/mol. The second-order valence-corrected chi connectivity index (χ2v) is 5.36. The van der Waals surface area contributed by atoms with Crippen LogP contribution in [0.5, 0.6) is 0 Å². The molecule has 0 saturated carbocycles. The van der Waals surface area contributed by atoms with Crippen molar-refractivity contribution in [3.05, 3.63) is 0 Å². The number of methoxy groups -OCH3 is 1. The predicted octanol–water partition coefficient (Wildman–Crippen LogP) is -0.106. The summed E-state index contributed by atoms with van der Waals surface area (Å²) >= 11 is 0. The number of likely N-dealkylation sites (N-methyl/N-ethyl adjacent to an activating group) is 1. The molecule has 0 aromatic heterocycles. The number of aliphatic hydroxyl groups is 1. The summed E-state index contributed by atoms with van der Waals surface area (Å²) in [6.07, 6.45) is 0.854. The van der Waals surface area contributed by atoms with Gasteiger partial charge in [-0.25, -0.2) is 0 Å². The molecule has 1 aliphatic rings. The van der Waals surface area contributed by atoms with E-state index in [4.69, 9.17) is 9.47 Å². The lowest BCUT2D eigenvalue weighted by Crippen LogP contribution is -2.36. The number of likely N-dealkylation sites (tertiary alicyclic amines) is 1. The van der Waals surface area contributed by atoms with Gasteiger partial charge in [-0.15, -0.1) is 0 Å². The van der Waals surface area contributed by atoms with Crippen LogP contribution in [0.1, 0.15) is 6.42 Å². The van der Waals surface area contributed by atoms with Crippen molar-refractivity contribution in [1.82, 2.24) is 9.80 Å². The molecule has 0 radical (unpaired) electrons. The van der Waals surface area contributed by atoms with Gasteiger partial charge in [0.2, 0.25) is 0 Å². The van der Waals surface area contributed by atoms with Crippen LogP contribution >= 0.6 is 0 Å². The largest absolute Gasteiger partial charge is 0.389 e. The van der Waals surface area contributed by atoms with E-state index in [1.54, 1.807) is 7.11 Å². The SMILES string of the molecule is COCCOCC(O)CN(C)CC1CCN(C)C1. The van der Waals surface area contributed by atoms with Crippen molar-refractivity contribution in [2.45, 2.75) is 12.5 Å². The van der Waals surface area contributed by atoms with Crippen LogP contribution in [-0.2, 0) is 9.47 Å². The first-order valence-corrected chi connectivity index (χ1v) is 6.73. The third-order valence-electron chi connectivity index (χ3n) is 3.32. The molecule has 1 saturated heterocycles. The second kappa shape index (κ2) is 8.82. The maximum atomic E-state index is 9.83. The molecule has 0 aromatic rings. The fourth-order valence-corrected chi connectivity index (χ4v) is 2.46. The Kier molecular flexibility index (Phi) is 7.77. The maximum absolute atomic E-state index is 9.83. The van der Waals surface area contributed by atoms with Crippen molar-refractivity contribution in [2.75, 3.05) is 67.2 Å². The van der Waals surface area contributed by atoms with Crippen molar-refractivity contribution >= 4 is 0 Å². The Hall–Kier alpha value is -0.200. The Balaban J connectivity index is 2.05. The average molecular weight is 260 g/mol. The highest BCUT2D eigenvalue weighted by Gasteiger charge is 2.21. The van der Waals surface area contributed by atoms with Crippen LogP contribution in [0.2, 0.25) is 0 Å². The van der Waals surface area contributed by atoms with Gasteiger partial charge in [0.15, 0.2) is 0 Å². The molecule has 1 aliphatic heterocycles. The second-order valence-electron chi connectivity index (χ2n) is 5.36. The lowest BCUT2D eigenvalue weighted by Gasteiger charge is -2.23. The van der Waals surface area contributed by atoms with E-state index < -0.39 is 6.10 Å². The van der Waals surface area contributed by atoms with Crippen LogP contribution in [0.15, 0.2) is 0 Å². The van der Waals surface area contributed by atoms with Crippen LogP contribution in [0.3, 0.4) is 0 Å². The smallest absolute Gasteiger partial charge is 0.0900 e. The van der Waals surface area contributed by atoms with E-state index in [9.17, 15) is 5.11 Å². The topological polar surface area (TPSA) is 45.2 Å². The Morgan fingerprint density at radius 3 is 2.83 bits per heavy atom. The van der Waals surface area contributed by atoms with Crippen LogP contribution in [0.4, 0.5) is 0 Å². The van der Waals surface area contributed by atoms with Crippen molar-refractivity contribution in [3.8, 4) is 0 Å². The number of rotatable bonds is 9. The van der Waals surface area contributed by atoms with Gasteiger partial charge in [-0.2, -0.15) is 0 Å². The molecule has 1 rings (SSSR count). The highest BCUT2D eigenvalue weighted by atomic mass is 16.5. The highest BCUT2D eigenvalue weighted by Crippen LogP contribution is 2.15. The summed E-state index contributed by atoms with van der Waals surface area (Å²) in [7, 11) is 5.88. The maximum Gasteiger partial charge on any atom is 0.0900 e. The highest BCUT2D eigenvalue weighted by molar-refractivity contribution is 4.76. The molecule has 0 aliphatic carbocycles. The Bertz CT molecular complexity index is 216. The normalized spacial score (nSPS) is 22.8. The van der Waals surface area contributed by atoms with Crippen LogP contribution in [0.25, 0.3) is 0 Å². The fourth-order valence-electron chi connectivity index (χ4n) is 2.46. The lowest BCUT2D eigenvalue weighted by atomic mass is 10.1. The lowest BCUT2D eigenvalue weighted by molar-refractivity contribution is 0.00114. The molecule has 0 aromatic carbocycles. The van der Waals surface area contributed by atoms with Crippen molar-refractivity contribution in [1.29, 1.82) is 0 Å². The van der Waals surface area contributed by atoms with E-state index in [1.165, 1.54) is 19.5 Å². The van der Waals surface area contributed by atoms with Gasteiger partial charge >= 0.3 is 0 Å². The van der Waals surface area contributed by atoms with Crippen LogP contribution in [-0.4, -0.2) is 88.2 Å². The minimum Gasteiger partial charge on any atom is -0.389 e. The first-order valence-electron chi connectivity index (χ1n) is 6.73. The predicted molar refractivity (Wildman–Crippen MR) is 71.8 cm³/mol. The van der Waals surface area contributed by atoms with E-state index in [1.807, 2.05) is 0 Å². The molecule has 0 bridgehead atoms. The first-order chi connectivity index (χ1) is 8.61. The van der Waals surface area contributed by atoms with Crippen molar-refractivity contribution in [2.24, 2.45) is 5.92 Å². The number of ether oxygens (including phenoxy) is 2. The number of hydrogen-bond acceptors (Lipinski definition) is 5. The zero-order valence-electron chi connectivity index (χ0n) is 12.0. The molecule has 5 heteroatoms. The molecule has 1 heterocycles. The Morgan fingerprint density at radius 2 is 2.22 bits per heavy atom. The summed E-state index contributed by atoms with van der Waals surface area (Å²) in [4.78, 5) is 4.57. The standard InChI is InChI=1S/C13H28N2O3/c1-14-5-4-12(8-14)9-15(2)10-13(16)11-18-7-6-17-3/h12-13,16H,4-11H2,1-3H3. The van der Waals surface area contributed by atoms with Gasteiger partial charge in [-0.1, -0.05) is 0 Å². The fraction of sp³-hybridized carbons (Fsp3) is 1.00. The van der Waals surface area contributed by atoms with Gasteiger partial charge in [-0.3, -0.25) is 0 Å². The number of aliphatic hydroxyl groups excluding tert-OH is 1. The van der Waals surface area contributed by atoms with E-state index in [0.717, 1.165) is 12.5 Å². The van der Waals surface area contributed by atoms with Gasteiger partial charge in [0.1, 0.15) is 0 Å². The molecular formula is C13H28N2O3. The van der Waals surface area contributed by atoms with E-state index in [2.05, 4.69) is 23.9 Å². The van der Waals surface area contributed by atoms with Gasteiger partial charge < -0.3 is 24.4 Å². The molecule has 2 unspecified atom stereocenters. The van der Waals surface area contributed by atoms with E-state index in [-0.39, 0.29) is 0 Å². The quantitative estimate of drug-likeness (QED) is 0.586. The summed E-state index contributed by atoms with van der Waals surface area (Å²) in [5.74, 6) is 0.738. The third-order valence-corrected chi connectivity index (χ3v) is 3.32. The minimum atomic E-state index is -0.411. The summed E-state index contributed by atoms with van der Waals surface area (Å²) in [5, 5.41) is 9.83.